The van der Waals surface area contributed by atoms with Crippen molar-refractivity contribution < 1.29 is 8.42 Å². The fraction of sp³-hybridized carbons (Fsp3) is 1.00. The van der Waals surface area contributed by atoms with E-state index in [0.717, 1.165) is 18.2 Å². The van der Waals surface area contributed by atoms with Crippen LogP contribution >= 0.6 is 26.6 Å². The van der Waals surface area contributed by atoms with E-state index in [0.29, 0.717) is 12.8 Å². The molecule has 92 valence electrons. The van der Waals surface area contributed by atoms with E-state index in [2.05, 4.69) is 15.9 Å². The number of rotatable bonds is 9. The minimum Gasteiger partial charge on any atom is -0.212 e. The van der Waals surface area contributed by atoms with Crippen molar-refractivity contribution >= 4 is 35.7 Å². The maximum absolute atomic E-state index is 11.1. The fourth-order valence-electron chi connectivity index (χ4n) is 1.54. The summed E-state index contributed by atoms with van der Waals surface area (Å²) in [7, 11) is 1.98. The Balaban J connectivity index is 3.57. The summed E-state index contributed by atoms with van der Waals surface area (Å²) in [5.74, 6) is 0. The smallest absolute Gasteiger partial charge is 0.212 e. The molecule has 5 heteroatoms. The van der Waals surface area contributed by atoms with Crippen LogP contribution in [0.15, 0.2) is 0 Å². The van der Waals surface area contributed by atoms with E-state index in [1.807, 2.05) is 6.92 Å². The second-order valence-corrected chi connectivity index (χ2v) is 7.45. The highest BCUT2D eigenvalue weighted by molar-refractivity contribution is 9.09. The predicted octanol–water partition coefficient (Wildman–Crippen LogP) is 4.07. The number of hydrogen-bond donors (Lipinski definition) is 0. The van der Waals surface area contributed by atoms with Gasteiger partial charge < -0.3 is 0 Å². The summed E-state index contributed by atoms with van der Waals surface area (Å²) >= 11 is 3.38. The van der Waals surface area contributed by atoms with Crippen LogP contribution < -0.4 is 0 Å². The van der Waals surface area contributed by atoms with Crippen LogP contribution in [0.5, 0.6) is 0 Å². The Morgan fingerprint density at radius 3 is 2.13 bits per heavy atom. The molecule has 0 bridgehead atoms. The molecule has 0 aromatic carbocycles. The van der Waals surface area contributed by atoms with Crippen LogP contribution in [0.3, 0.4) is 0 Å². The van der Waals surface area contributed by atoms with E-state index in [1.54, 1.807) is 0 Å². The Labute approximate surface area is 106 Å². The average Bonchev–Trinajstić information content (AvgIpc) is 2.15. The SMILES string of the molecule is CCC(CCCCCCCBr)S(=O)(=O)Cl. The largest absolute Gasteiger partial charge is 0.235 e. The van der Waals surface area contributed by atoms with Gasteiger partial charge in [-0.1, -0.05) is 48.5 Å². The highest BCUT2D eigenvalue weighted by atomic mass is 79.9. The number of alkyl halides is 1. The second kappa shape index (κ2) is 8.82. The van der Waals surface area contributed by atoms with Gasteiger partial charge in [-0.15, -0.1) is 0 Å². The topological polar surface area (TPSA) is 34.1 Å². The Kier molecular flexibility index (Phi) is 9.25. The Bertz CT molecular complexity index is 242. The van der Waals surface area contributed by atoms with Gasteiger partial charge in [0.05, 0.1) is 5.25 Å². The summed E-state index contributed by atoms with van der Waals surface area (Å²) < 4.78 is 22.2. The maximum atomic E-state index is 11.1. The molecule has 0 aromatic rings. The summed E-state index contributed by atoms with van der Waals surface area (Å²) in [5.41, 5.74) is 0. The van der Waals surface area contributed by atoms with Gasteiger partial charge in [-0.25, -0.2) is 8.42 Å². The van der Waals surface area contributed by atoms with Crippen molar-refractivity contribution in [2.24, 2.45) is 0 Å². The summed E-state index contributed by atoms with van der Waals surface area (Å²) in [6.07, 6.45) is 7.00. The van der Waals surface area contributed by atoms with Gasteiger partial charge in [-0.3, -0.25) is 0 Å². The van der Waals surface area contributed by atoms with Gasteiger partial charge in [0, 0.05) is 16.0 Å². The van der Waals surface area contributed by atoms with Gasteiger partial charge in [0.2, 0.25) is 9.05 Å². The summed E-state index contributed by atoms with van der Waals surface area (Å²) in [6.45, 7) is 1.87. The maximum Gasteiger partial charge on any atom is 0.235 e. The monoisotopic (exact) mass is 318 g/mol. The van der Waals surface area contributed by atoms with Crippen LogP contribution in [-0.4, -0.2) is 19.0 Å². The lowest BCUT2D eigenvalue weighted by Gasteiger charge is -2.10. The molecule has 0 saturated heterocycles. The number of halogens is 2. The van der Waals surface area contributed by atoms with Crippen LogP contribution in [0.2, 0.25) is 0 Å². The molecule has 0 radical (unpaired) electrons. The standard InChI is InChI=1S/C10H20BrClO2S/c1-2-10(15(12,13)14)8-6-4-3-5-7-9-11/h10H,2-9H2,1H3. The summed E-state index contributed by atoms with van der Waals surface area (Å²) in [6, 6.07) is 0. The molecule has 1 unspecified atom stereocenters. The highest BCUT2D eigenvalue weighted by Gasteiger charge is 2.19. The molecule has 0 saturated carbocycles. The van der Waals surface area contributed by atoms with Crippen molar-refractivity contribution in [3.8, 4) is 0 Å². The van der Waals surface area contributed by atoms with Crippen LogP contribution in [0.25, 0.3) is 0 Å². The van der Waals surface area contributed by atoms with Crippen molar-refractivity contribution in [1.82, 2.24) is 0 Å². The van der Waals surface area contributed by atoms with Gasteiger partial charge in [-0.05, 0) is 19.3 Å². The van der Waals surface area contributed by atoms with Gasteiger partial charge in [-0.2, -0.15) is 0 Å². The summed E-state index contributed by atoms with van der Waals surface area (Å²) in [5, 5.41) is 0.705. The van der Waals surface area contributed by atoms with E-state index >= 15 is 0 Å². The number of unbranched alkanes of at least 4 members (excludes halogenated alkanes) is 4. The van der Waals surface area contributed by atoms with E-state index in [4.69, 9.17) is 10.7 Å². The van der Waals surface area contributed by atoms with Gasteiger partial charge in [0.1, 0.15) is 0 Å². The first kappa shape index (κ1) is 15.7. The van der Waals surface area contributed by atoms with E-state index < -0.39 is 9.05 Å². The summed E-state index contributed by atoms with van der Waals surface area (Å²) in [4.78, 5) is 0. The first-order valence-corrected chi connectivity index (χ1v) is 9.01. The second-order valence-electron chi connectivity index (χ2n) is 3.75. The van der Waals surface area contributed by atoms with Crippen LogP contribution in [0.4, 0.5) is 0 Å². The Hall–Kier alpha value is 0.720. The van der Waals surface area contributed by atoms with E-state index in [-0.39, 0.29) is 5.25 Å². The molecule has 0 spiro atoms. The highest BCUT2D eigenvalue weighted by Crippen LogP contribution is 2.18. The lowest BCUT2D eigenvalue weighted by Crippen LogP contribution is -2.14. The zero-order valence-corrected chi connectivity index (χ0v) is 12.4. The number of hydrogen-bond acceptors (Lipinski definition) is 2. The van der Waals surface area contributed by atoms with Gasteiger partial charge >= 0.3 is 0 Å². The van der Waals surface area contributed by atoms with Crippen LogP contribution in [0.1, 0.15) is 51.9 Å². The molecule has 2 nitrogen and oxygen atoms in total. The average molecular weight is 320 g/mol. The minimum atomic E-state index is -3.35. The van der Waals surface area contributed by atoms with E-state index in [1.165, 1.54) is 19.3 Å². The van der Waals surface area contributed by atoms with Gasteiger partial charge in [0.25, 0.3) is 0 Å². The molecule has 0 heterocycles. The van der Waals surface area contributed by atoms with Crippen molar-refractivity contribution in [2.75, 3.05) is 5.33 Å². The molecular weight excluding hydrogens is 300 g/mol. The first-order valence-electron chi connectivity index (χ1n) is 5.51. The molecular formula is C10H20BrClO2S. The van der Waals surface area contributed by atoms with Crippen molar-refractivity contribution in [1.29, 1.82) is 0 Å². The molecule has 0 N–H and O–H groups in total. The predicted molar refractivity (Wildman–Crippen MR) is 70.3 cm³/mol. The van der Waals surface area contributed by atoms with Crippen LogP contribution in [0, 0.1) is 0 Å². The Morgan fingerprint density at radius 2 is 1.67 bits per heavy atom. The first-order chi connectivity index (χ1) is 7.02. The zero-order chi connectivity index (χ0) is 11.7. The minimum absolute atomic E-state index is 0.352. The zero-order valence-electron chi connectivity index (χ0n) is 9.21. The van der Waals surface area contributed by atoms with Gasteiger partial charge in [0.15, 0.2) is 0 Å². The van der Waals surface area contributed by atoms with Crippen molar-refractivity contribution in [2.45, 2.75) is 57.1 Å². The molecule has 1 atom stereocenters. The third kappa shape index (κ3) is 8.52. The third-order valence-electron chi connectivity index (χ3n) is 2.51. The molecule has 15 heavy (non-hydrogen) atoms. The lowest BCUT2D eigenvalue weighted by molar-refractivity contribution is 0.554. The lowest BCUT2D eigenvalue weighted by atomic mass is 10.1. The molecule has 0 aliphatic rings. The van der Waals surface area contributed by atoms with Crippen molar-refractivity contribution in [3.05, 3.63) is 0 Å². The molecule has 0 aliphatic carbocycles. The molecule has 0 amide bonds. The quantitative estimate of drug-likeness (QED) is 0.365. The third-order valence-corrected chi connectivity index (χ3v) is 5.20. The molecule has 0 rings (SSSR count). The normalized spacial score (nSPS) is 14.1. The van der Waals surface area contributed by atoms with E-state index in [9.17, 15) is 8.42 Å². The Morgan fingerprint density at radius 1 is 1.13 bits per heavy atom. The fourth-order valence-corrected chi connectivity index (χ4v) is 3.43. The van der Waals surface area contributed by atoms with Crippen LogP contribution in [-0.2, 0) is 9.05 Å². The molecule has 0 aromatic heterocycles. The molecule has 0 fully saturated rings. The van der Waals surface area contributed by atoms with Crippen molar-refractivity contribution in [3.63, 3.8) is 0 Å². The molecule has 0 aliphatic heterocycles.